The van der Waals surface area contributed by atoms with Crippen LogP contribution in [0.15, 0.2) is 59.4 Å². The lowest BCUT2D eigenvalue weighted by atomic mass is 9.87. The summed E-state index contributed by atoms with van der Waals surface area (Å²) in [6, 6.07) is 14.6. The number of amides is 4. The number of imide groups is 1. The van der Waals surface area contributed by atoms with Crippen LogP contribution >= 0.6 is 0 Å². The molecule has 1 aromatic heterocycles. The smallest absolute Gasteiger partial charge is 0.318 e. The van der Waals surface area contributed by atoms with Crippen molar-refractivity contribution in [3.05, 3.63) is 76.2 Å². The number of nitrogens with one attached hydrogen (secondary N) is 2. The third kappa shape index (κ3) is 2.83. The molecule has 1 atom stereocenters. The molecule has 4 amide bonds. The Morgan fingerprint density at radius 1 is 1.03 bits per heavy atom. The molecule has 1 aliphatic heterocycles. The van der Waals surface area contributed by atoms with Crippen LogP contribution in [0, 0.1) is 0 Å². The van der Waals surface area contributed by atoms with E-state index in [4.69, 9.17) is 0 Å². The minimum Gasteiger partial charge on any atom is -0.318 e. The molecule has 1 aliphatic rings. The molecular formula is C21H19N5O4. The monoisotopic (exact) mass is 405 g/mol. The average molecular weight is 405 g/mol. The van der Waals surface area contributed by atoms with Gasteiger partial charge >= 0.3 is 6.03 Å². The molecule has 9 nitrogen and oxygen atoms in total. The van der Waals surface area contributed by atoms with Crippen molar-refractivity contribution in [1.29, 1.82) is 0 Å². The molecule has 2 aromatic carbocycles. The van der Waals surface area contributed by atoms with Crippen molar-refractivity contribution in [3.8, 4) is 0 Å². The van der Waals surface area contributed by atoms with Gasteiger partial charge < -0.3 is 5.32 Å². The molecule has 30 heavy (non-hydrogen) atoms. The number of aromatic nitrogens is 2. The van der Waals surface area contributed by atoms with Crippen molar-refractivity contribution in [2.24, 2.45) is 7.05 Å². The van der Waals surface area contributed by atoms with Crippen molar-refractivity contribution in [2.45, 2.75) is 18.9 Å². The molecule has 0 unspecified atom stereocenters. The van der Waals surface area contributed by atoms with Crippen LogP contribution < -0.4 is 16.3 Å². The first-order chi connectivity index (χ1) is 14.4. The second-order valence-electron chi connectivity index (χ2n) is 6.96. The van der Waals surface area contributed by atoms with Gasteiger partial charge in [0.15, 0.2) is 5.69 Å². The van der Waals surface area contributed by atoms with Crippen LogP contribution in [0.1, 0.15) is 29.4 Å². The number of aryl methyl sites for hydroxylation is 1. The third-order valence-corrected chi connectivity index (χ3v) is 5.27. The molecule has 1 fully saturated rings. The largest absolute Gasteiger partial charge is 0.344 e. The van der Waals surface area contributed by atoms with E-state index in [-0.39, 0.29) is 11.3 Å². The molecule has 1 saturated heterocycles. The van der Waals surface area contributed by atoms with E-state index in [2.05, 4.69) is 15.8 Å². The normalized spacial score (nSPS) is 18.5. The maximum atomic E-state index is 13.2. The van der Waals surface area contributed by atoms with E-state index in [9.17, 15) is 19.2 Å². The SMILES string of the molecule is CC[C@]1(c2ccccc2)NC(=O)N(NC(=O)c2nn(C)c(=O)c3ccccc23)C1=O. The van der Waals surface area contributed by atoms with Crippen molar-refractivity contribution >= 4 is 28.6 Å². The fourth-order valence-electron chi connectivity index (χ4n) is 3.66. The maximum Gasteiger partial charge on any atom is 0.344 e. The molecule has 0 spiro atoms. The van der Waals surface area contributed by atoms with Gasteiger partial charge in [-0.05, 0) is 18.1 Å². The zero-order chi connectivity index (χ0) is 21.5. The van der Waals surface area contributed by atoms with Gasteiger partial charge in [-0.25, -0.2) is 9.48 Å². The summed E-state index contributed by atoms with van der Waals surface area (Å²) in [4.78, 5) is 51.0. The molecule has 2 heterocycles. The number of benzene rings is 2. The van der Waals surface area contributed by atoms with Gasteiger partial charge in [-0.15, -0.1) is 0 Å². The summed E-state index contributed by atoms with van der Waals surface area (Å²) < 4.78 is 1.05. The molecule has 152 valence electrons. The summed E-state index contributed by atoms with van der Waals surface area (Å²) in [5.41, 5.74) is 1.27. The number of urea groups is 1. The van der Waals surface area contributed by atoms with Crippen molar-refractivity contribution < 1.29 is 14.4 Å². The number of hydrogen-bond acceptors (Lipinski definition) is 5. The Kier molecular flexibility index (Phi) is 4.57. The maximum absolute atomic E-state index is 13.2. The minimum atomic E-state index is -1.27. The molecular weight excluding hydrogens is 386 g/mol. The van der Waals surface area contributed by atoms with Crippen molar-refractivity contribution in [3.63, 3.8) is 0 Å². The quantitative estimate of drug-likeness (QED) is 0.638. The second kappa shape index (κ2) is 7.11. The standard InChI is InChI=1S/C21H19N5O4/c1-3-21(13-9-5-4-6-10-13)19(29)26(20(30)22-21)24-17(27)16-14-11-7-8-12-15(14)18(28)25(2)23-16/h4-12H,3H2,1-2H3,(H,22,30)(H,24,27)/t21-/m1/s1. The van der Waals surface area contributed by atoms with Gasteiger partial charge in [-0.1, -0.05) is 55.5 Å². The summed E-state index contributed by atoms with van der Waals surface area (Å²) in [7, 11) is 1.43. The number of carbonyl (C=O) groups is 3. The highest BCUT2D eigenvalue weighted by Gasteiger charge is 2.52. The molecule has 9 heteroatoms. The predicted octanol–water partition coefficient (Wildman–Crippen LogP) is 1.44. The van der Waals surface area contributed by atoms with Crippen molar-refractivity contribution in [1.82, 2.24) is 25.5 Å². The average Bonchev–Trinajstić information content (AvgIpc) is 3.02. The van der Waals surface area contributed by atoms with E-state index >= 15 is 0 Å². The number of nitrogens with zero attached hydrogens (tertiary/aromatic N) is 3. The molecule has 3 aromatic rings. The van der Waals surface area contributed by atoms with E-state index in [1.165, 1.54) is 7.05 Å². The Balaban J connectivity index is 1.70. The van der Waals surface area contributed by atoms with E-state index in [1.54, 1.807) is 55.5 Å². The zero-order valence-corrected chi connectivity index (χ0v) is 16.4. The van der Waals surface area contributed by atoms with Crippen LogP contribution in [-0.4, -0.2) is 32.6 Å². The molecule has 0 radical (unpaired) electrons. The number of carbonyl (C=O) groups excluding carboxylic acids is 3. The Morgan fingerprint density at radius 3 is 2.33 bits per heavy atom. The van der Waals surface area contributed by atoms with E-state index < -0.39 is 23.4 Å². The first-order valence-electron chi connectivity index (χ1n) is 9.38. The van der Waals surface area contributed by atoms with Crippen LogP contribution in [0.3, 0.4) is 0 Å². The van der Waals surface area contributed by atoms with E-state index in [0.717, 1.165) is 4.68 Å². The van der Waals surface area contributed by atoms with Crippen LogP contribution in [0.5, 0.6) is 0 Å². The molecule has 4 rings (SSSR count). The molecule has 0 saturated carbocycles. The summed E-state index contributed by atoms with van der Waals surface area (Å²) in [6.45, 7) is 1.78. The molecule has 0 bridgehead atoms. The highest BCUT2D eigenvalue weighted by atomic mass is 16.2. The Labute approximate surface area is 171 Å². The fraction of sp³-hybridized carbons (Fsp3) is 0.190. The Hall–Kier alpha value is -4.01. The first-order valence-corrected chi connectivity index (χ1v) is 9.38. The summed E-state index contributed by atoms with van der Waals surface area (Å²) >= 11 is 0. The Bertz CT molecular complexity index is 1240. The highest BCUT2D eigenvalue weighted by Crippen LogP contribution is 2.31. The highest BCUT2D eigenvalue weighted by molar-refractivity contribution is 6.11. The van der Waals surface area contributed by atoms with Crippen LogP contribution in [0.25, 0.3) is 10.8 Å². The summed E-state index contributed by atoms with van der Waals surface area (Å²) in [5.74, 6) is -1.37. The molecule has 2 N–H and O–H groups in total. The number of rotatable bonds is 4. The number of fused-ring (bicyclic) bond motifs is 1. The topological polar surface area (TPSA) is 113 Å². The third-order valence-electron chi connectivity index (χ3n) is 5.27. The van der Waals surface area contributed by atoms with E-state index in [0.29, 0.717) is 27.8 Å². The van der Waals surface area contributed by atoms with Crippen LogP contribution in [0.2, 0.25) is 0 Å². The van der Waals surface area contributed by atoms with Gasteiger partial charge in [-0.2, -0.15) is 10.1 Å². The number of hydrogen-bond donors (Lipinski definition) is 2. The van der Waals surface area contributed by atoms with Gasteiger partial charge in [-0.3, -0.25) is 19.8 Å². The van der Waals surface area contributed by atoms with Crippen molar-refractivity contribution in [2.75, 3.05) is 0 Å². The van der Waals surface area contributed by atoms with Gasteiger partial charge in [0.2, 0.25) is 0 Å². The van der Waals surface area contributed by atoms with Gasteiger partial charge in [0.1, 0.15) is 5.54 Å². The lowest BCUT2D eigenvalue weighted by Gasteiger charge is -2.25. The fourth-order valence-corrected chi connectivity index (χ4v) is 3.66. The lowest BCUT2D eigenvalue weighted by Crippen LogP contribution is -2.49. The van der Waals surface area contributed by atoms with Gasteiger partial charge in [0.05, 0.1) is 5.39 Å². The minimum absolute atomic E-state index is 0.0676. The Morgan fingerprint density at radius 2 is 1.67 bits per heavy atom. The van der Waals surface area contributed by atoms with Crippen LogP contribution in [-0.2, 0) is 17.4 Å². The van der Waals surface area contributed by atoms with E-state index in [1.807, 2.05) is 6.07 Å². The summed E-state index contributed by atoms with van der Waals surface area (Å²) in [6.07, 6.45) is 0.301. The van der Waals surface area contributed by atoms with Gasteiger partial charge in [0.25, 0.3) is 17.4 Å². The van der Waals surface area contributed by atoms with Crippen LogP contribution in [0.4, 0.5) is 4.79 Å². The zero-order valence-electron chi connectivity index (χ0n) is 16.4. The predicted molar refractivity (Wildman–Crippen MR) is 108 cm³/mol. The lowest BCUT2D eigenvalue weighted by molar-refractivity contribution is -0.133. The van der Waals surface area contributed by atoms with Gasteiger partial charge in [0, 0.05) is 12.4 Å². The number of hydrazine groups is 1. The molecule has 0 aliphatic carbocycles. The second-order valence-corrected chi connectivity index (χ2v) is 6.96. The first kappa shape index (κ1) is 19.3. The summed E-state index contributed by atoms with van der Waals surface area (Å²) in [5, 5.41) is 8.03.